The van der Waals surface area contributed by atoms with Crippen LogP contribution in [-0.4, -0.2) is 28.2 Å². The standard InChI is InChI=1S/C22H18N2O2S/c25-21-16-9-3-4-10-17(16)22(26)24(21)12-6-5-11-19-23-20-15-8-2-1-7-14(15)13-18(20)27-19/h1-4,7,9-10,13H,5-6,8,11-12H2. The van der Waals surface area contributed by atoms with Crippen molar-refractivity contribution in [3.8, 4) is 0 Å². The van der Waals surface area contributed by atoms with Crippen molar-refractivity contribution < 1.29 is 9.59 Å². The highest BCUT2D eigenvalue weighted by molar-refractivity contribution is 7.09. The average Bonchev–Trinajstić information content (AvgIpc) is 3.31. The van der Waals surface area contributed by atoms with Crippen molar-refractivity contribution in [1.29, 1.82) is 0 Å². The lowest BCUT2D eigenvalue weighted by atomic mass is 10.0. The van der Waals surface area contributed by atoms with Crippen LogP contribution >= 0.6 is 11.3 Å². The maximum atomic E-state index is 12.4. The van der Waals surface area contributed by atoms with Crippen LogP contribution in [0.1, 0.15) is 45.0 Å². The zero-order chi connectivity index (χ0) is 18.4. The molecule has 3 aliphatic rings. The van der Waals surface area contributed by atoms with E-state index < -0.39 is 0 Å². The molecule has 2 aromatic rings. The van der Waals surface area contributed by atoms with Gasteiger partial charge in [-0.05, 0) is 55.0 Å². The summed E-state index contributed by atoms with van der Waals surface area (Å²) < 4.78 is 1.26. The van der Waals surface area contributed by atoms with Crippen LogP contribution in [0.25, 0.3) is 11.6 Å². The van der Waals surface area contributed by atoms with Gasteiger partial charge in [0, 0.05) is 6.54 Å². The molecule has 0 radical (unpaired) electrons. The van der Waals surface area contributed by atoms with Crippen molar-refractivity contribution in [2.24, 2.45) is 0 Å². The van der Waals surface area contributed by atoms with Gasteiger partial charge in [-0.15, -0.1) is 11.3 Å². The van der Waals surface area contributed by atoms with Gasteiger partial charge in [0.05, 0.1) is 26.0 Å². The third-order valence-corrected chi connectivity index (χ3v) is 6.32. The first-order valence-electron chi connectivity index (χ1n) is 9.25. The second kappa shape index (κ2) is 6.43. The molecule has 134 valence electrons. The molecule has 1 aromatic carbocycles. The number of imide groups is 1. The first-order chi connectivity index (χ1) is 13.2. The van der Waals surface area contributed by atoms with E-state index in [0.29, 0.717) is 17.7 Å². The molecule has 27 heavy (non-hydrogen) atoms. The number of hydrogen-bond acceptors (Lipinski definition) is 4. The molecule has 4 nitrogen and oxygen atoms in total. The van der Waals surface area contributed by atoms with Gasteiger partial charge >= 0.3 is 0 Å². The number of aromatic nitrogens is 1. The number of benzene rings is 1. The molecule has 1 aromatic heterocycles. The summed E-state index contributed by atoms with van der Waals surface area (Å²) in [5, 5.41) is 2.28. The fourth-order valence-electron chi connectivity index (χ4n) is 3.87. The minimum atomic E-state index is -0.167. The van der Waals surface area contributed by atoms with Crippen molar-refractivity contribution in [3.05, 3.63) is 74.1 Å². The second-order valence-electron chi connectivity index (χ2n) is 6.96. The van der Waals surface area contributed by atoms with E-state index in [9.17, 15) is 9.59 Å². The normalized spacial score (nSPS) is 17.0. The van der Waals surface area contributed by atoms with Crippen LogP contribution in [0.4, 0.5) is 0 Å². The number of amides is 2. The molecule has 2 aliphatic carbocycles. The molecule has 0 spiro atoms. The van der Waals surface area contributed by atoms with Gasteiger partial charge in [-0.25, -0.2) is 4.98 Å². The maximum Gasteiger partial charge on any atom is 0.261 e. The van der Waals surface area contributed by atoms with Crippen LogP contribution in [0, 0.1) is 0 Å². The van der Waals surface area contributed by atoms with E-state index in [1.807, 2.05) is 0 Å². The highest BCUT2D eigenvalue weighted by Crippen LogP contribution is 2.24. The Morgan fingerprint density at radius 1 is 1.07 bits per heavy atom. The van der Waals surface area contributed by atoms with E-state index in [0.717, 1.165) is 36.0 Å². The fraction of sp³-hybridized carbons (Fsp3) is 0.227. The van der Waals surface area contributed by atoms with Crippen molar-refractivity contribution in [1.82, 2.24) is 9.88 Å². The number of fused-ring (bicyclic) bond motifs is 3. The van der Waals surface area contributed by atoms with Crippen LogP contribution in [0.15, 0.2) is 48.1 Å². The second-order valence-corrected chi connectivity index (χ2v) is 8.08. The van der Waals surface area contributed by atoms with Gasteiger partial charge in [-0.1, -0.05) is 30.4 Å². The van der Waals surface area contributed by atoms with Gasteiger partial charge in [0.25, 0.3) is 11.8 Å². The summed E-state index contributed by atoms with van der Waals surface area (Å²) in [5.74, 6) is -0.334. The predicted octanol–water partition coefficient (Wildman–Crippen LogP) is 2.59. The molecule has 0 bridgehead atoms. The topological polar surface area (TPSA) is 50.3 Å². The van der Waals surface area contributed by atoms with Crippen LogP contribution in [0.5, 0.6) is 0 Å². The van der Waals surface area contributed by atoms with Crippen LogP contribution < -0.4 is 9.88 Å². The van der Waals surface area contributed by atoms with Gasteiger partial charge in [0.1, 0.15) is 0 Å². The van der Waals surface area contributed by atoms with Gasteiger partial charge < -0.3 is 0 Å². The van der Waals surface area contributed by atoms with E-state index in [4.69, 9.17) is 4.98 Å². The summed E-state index contributed by atoms with van der Waals surface area (Å²) in [7, 11) is 0. The van der Waals surface area contributed by atoms with Crippen LogP contribution in [0.3, 0.4) is 0 Å². The lowest BCUT2D eigenvalue weighted by Gasteiger charge is -2.13. The Balaban J connectivity index is 1.21. The monoisotopic (exact) mass is 374 g/mol. The molecule has 1 aliphatic heterocycles. The van der Waals surface area contributed by atoms with E-state index in [-0.39, 0.29) is 11.8 Å². The third kappa shape index (κ3) is 2.70. The summed E-state index contributed by atoms with van der Waals surface area (Å²) in [5.41, 5.74) is 3.68. The number of nitrogens with zero attached hydrogens (tertiary/aromatic N) is 2. The minimum Gasteiger partial charge on any atom is -0.274 e. The molecule has 0 atom stereocenters. The number of allylic oxidation sites excluding steroid dienone is 4. The molecule has 0 saturated heterocycles. The SMILES string of the molecule is O=C1c2ccccc2C(=O)N1CCCCc1nc2c(s1)=CC1=CC=CCC=21. The molecule has 2 heterocycles. The Morgan fingerprint density at radius 2 is 1.85 bits per heavy atom. The van der Waals surface area contributed by atoms with Crippen molar-refractivity contribution in [3.63, 3.8) is 0 Å². The van der Waals surface area contributed by atoms with Crippen molar-refractivity contribution in [2.75, 3.05) is 6.54 Å². The summed E-state index contributed by atoms with van der Waals surface area (Å²) in [6.07, 6.45) is 12.2. The number of aryl methyl sites for hydroxylation is 1. The quantitative estimate of drug-likeness (QED) is 0.597. The molecule has 0 saturated carbocycles. The number of unbranched alkanes of at least 4 members (excludes halogenated alkanes) is 1. The summed E-state index contributed by atoms with van der Waals surface area (Å²) in [4.78, 5) is 31.0. The minimum absolute atomic E-state index is 0.167. The van der Waals surface area contributed by atoms with E-state index >= 15 is 0 Å². The lowest BCUT2D eigenvalue weighted by Crippen LogP contribution is -2.30. The zero-order valence-electron chi connectivity index (χ0n) is 14.8. The molecular weight excluding hydrogens is 356 g/mol. The number of hydrogen-bond donors (Lipinski definition) is 0. The highest BCUT2D eigenvalue weighted by atomic mass is 32.1. The van der Waals surface area contributed by atoms with E-state index in [2.05, 4.69) is 24.3 Å². The molecule has 0 N–H and O–H groups in total. The van der Waals surface area contributed by atoms with Crippen LogP contribution in [0.2, 0.25) is 0 Å². The number of rotatable bonds is 5. The smallest absolute Gasteiger partial charge is 0.261 e. The first kappa shape index (κ1) is 16.4. The molecule has 5 heteroatoms. The van der Waals surface area contributed by atoms with E-state index in [1.165, 1.54) is 20.6 Å². The zero-order valence-corrected chi connectivity index (χ0v) is 15.6. The largest absolute Gasteiger partial charge is 0.274 e. The first-order valence-corrected chi connectivity index (χ1v) is 10.1. The number of thiazole rings is 1. The van der Waals surface area contributed by atoms with Gasteiger partial charge in [0.15, 0.2) is 0 Å². The lowest BCUT2D eigenvalue weighted by molar-refractivity contribution is 0.0652. The molecule has 2 amide bonds. The Morgan fingerprint density at radius 3 is 2.63 bits per heavy atom. The Labute approximate surface area is 160 Å². The predicted molar refractivity (Wildman–Crippen MR) is 106 cm³/mol. The van der Waals surface area contributed by atoms with Crippen molar-refractivity contribution in [2.45, 2.75) is 25.7 Å². The summed E-state index contributed by atoms with van der Waals surface area (Å²) in [6, 6.07) is 7.05. The average molecular weight is 374 g/mol. The van der Waals surface area contributed by atoms with Crippen molar-refractivity contribution >= 4 is 34.8 Å². The maximum absolute atomic E-state index is 12.4. The van der Waals surface area contributed by atoms with E-state index in [1.54, 1.807) is 35.6 Å². The molecule has 0 unspecified atom stereocenters. The van der Waals surface area contributed by atoms with Gasteiger partial charge in [-0.2, -0.15) is 0 Å². The number of carbonyl (C=O) groups excluding carboxylic acids is 2. The molecule has 0 fully saturated rings. The molecular formula is C22H18N2O2S. The van der Waals surface area contributed by atoms with Crippen LogP contribution in [-0.2, 0) is 6.42 Å². The summed E-state index contributed by atoms with van der Waals surface area (Å²) in [6.45, 7) is 0.471. The highest BCUT2D eigenvalue weighted by Gasteiger charge is 2.34. The molecule has 5 rings (SSSR count). The van der Waals surface area contributed by atoms with Gasteiger partial charge in [0.2, 0.25) is 0 Å². The third-order valence-electron chi connectivity index (χ3n) is 5.25. The van der Waals surface area contributed by atoms with Gasteiger partial charge in [-0.3, -0.25) is 14.5 Å². The Kier molecular flexibility index (Phi) is 3.90. The Hall–Kier alpha value is -2.79. The number of carbonyl (C=O) groups is 2. The fourth-order valence-corrected chi connectivity index (χ4v) is 4.96. The Bertz CT molecular complexity index is 1120. The summed E-state index contributed by atoms with van der Waals surface area (Å²) >= 11 is 1.76.